The summed E-state index contributed by atoms with van der Waals surface area (Å²) in [6.45, 7) is 10.4. The van der Waals surface area contributed by atoms with Crippen LogP contribution in [-0.4, -0.2) is 34.2 Å². The van der Waals surface area contributed by atoms with Gasteiger partial charge in [-0.25, -0.2) is 5.43 Å². The van der Waals surface area contributed by atoms with Crippen molar-refractivity contribution in [1.82, 2.24) is 10.4 Å². The zero-order valence-electron chi connectivity index (χ0n) is 10.3. The summed E-state index contributed by atoms with van der Waals surface area (Å²) in [4.78, 5) is 11.7. The summed E-state index contributed by atoms with van der Waals surface area (Å²) in [5, 5.41) is 10.8. The number of β-amino-alcohol motifs (C(OH)–C–C–N with tert-alkyl or cyclic N) is 1. The lowest BCUT2D eigenvalue weighted by Crippen LogP contribution is -2.53. The highest BCUT2D eigenvalue weighted by Gasteiger charge is 2.46. The smallest absolute Gasteiger partial charge is 0.238 e. The molecule has 2 atom stereocenters. The molecule has 2 unspecified atom stereocenters. The number of nitrogens with one attached hydrogen (secondary N) is 1. The monoisotopic (exact) mass is 214 g/mol. The number of aliphatic hydroxyl groups is 1. The summed E-state index contributed by atoms with van der Waals surface area (Å²) in [6.07, 6.45) is -0.00721. The normalized spacial score (nSPS) is 29.7. The first-order valence-corrected chi connectivity index (χ1v) is 5.42. The van der Waals surface area contributed by atoms with Crippen molar-refractivity contribution in [3.05, 3.63) is 0 Å². The SMILES string of the molecule is CC(O)CN1NC(C)(C(C)(C)C)CC1=O. The van der Waals surface area contributed by atoms with Crippen LogP contribution in [0.4, 0.5) is 0 Å². The number of carbonyl (C=O) groups excluding carboxylic acids is 1. The molecule has 1 fully saturated rings. The van der Waals surface area contributed by atoms with Crippen LogP contribution in [0.25, 0.3) is 0 Å². The van der Waals surface area contributed by atoms with Gasteiger partial charge in [0.05, 0.1) is 12.6 Å². The van der Waals surface area contributed by atoms with Crippen LogP contribution >= 0.6 is 0 Å². The fraction of sp³-hybridized carbons (Fsp3) is 0.909. The number of hydrazine groups is 1. The molecule has 0 radical (unpaired) electrons. The van der Waals surface area contributed by atoms with Gasteiger partial charge in [-0.2, -0.15) is 0 Å². The summed E-state index contributed by atoms with van der Waals surface area (Å²) in [7, 11) is 0. The molecule has 0 aliphatic carbocycles. The molecule has 0 spiro atoms. The number of aliphatic hydroxyl groups excluding tert-OH is 1. The highest BCUT2D eigenvalue weighted by molar-refractivity contribution is 5.79. The van der Waals surface area contributed by atoms with E-state index in [0.29, 0.717) is 13.0 Å². The lowest BCUT2D eigenvalue weighted by molar-refractivity contribution is -0.130. The van der Waals surface area contributed by atoms with E-state index in [0.717, 1.165) is 0 Å². The zero-order chi connectivity index (χ0) is 11.9. The van der Waals surface area contributed by atoms with Crippen LogP contribution < -0.4 is 5.43 Å². The third-order valence-corrected chi connectivity index (χ3v) is 3.29. The lowest BCUT2D eigenvalue weighted by Gasteiger charge is -2.38. The Bertz CT molecular complexity index is 258. The van der Waals surface area contributed by atoms with E-state index in [-0.39, 0.29) is 16.9 Å². The first-order valence-electron chi connectivity index (χ1n) is 5.42. The molecule has 1 aliphatic heterocycles. The predicted molar refractivity (Wildman–Crippen MR) is 59.0 cm³/mol. The van der Waals surface area contributed by atoms with E-state index in [2.05, 4.69) is 26.2 Å². The molecule has 0 aromatic heterocycles. The topological polar surface area (TPSA) is 52.6 Å². The molecule has 1 amide bonds. The molecule has 1 heterocycles. The summed E-state index contributed by atoms with van der Waals surface area (Å²) < 4.78 is 0. The molecule has 1 rings (SSSR count). The minimum absolute atomic E-state index is 0.0100. The van der Waals surface area contributed by atoms with Gasteiger partial charge in [0.25, 0.3) is 0 Å². The van der Waals surface area contributed by atoms with Crippen molar-refractivity contribution in [2.24, 2.45) is 5.41 Å². The van der Waals surface area contributed by atoms with Crippen molar-refractivity contribution >= 4 is 5.91 Å². The Morgan fingerprint density at radius 1 is 1.60 bits per heavy atom. The van der Waals surface area contributed by atoms with Crippen LogP contribution in [0, 0.1) is 5.41 Å². The fourth-order valence-corrected chi connectivity index (χ4v) is 1.64. The fourth-order valence-electron chi connectivity index (χ4n) is 1.64. The Labute approximate surface area is 91.6 Å². The lowest BCUT2D eigenvalue weighted by atomic mass is 9.74. The van der Waals surface area contributed by atoms with Gasteiger partial charge in [0.1, 0.15) is 0 Å². The molecule has 0 saturated carbocycles. The van der Waals surface area contributed by atoms with Crippen molar-refractivity contribution in [1.29, 1.82) is 0 Å². The van der Waals surface area contributed by atoms with Crippen molar-refractivity contribution in [3.63, 3.8) is 0 Å². The van der Waals surface area contributed by atoms with Gasteiger partial charge in [-0.1, -0.05) is 20.8 Å². The first kappa shape index (κ1) is 12.5. The van der Waals surface area contributed by atoms with Gasteiger partial charge >= 0.3 is 0 Å². The number of hydrogen-bond donors (Lipinski definition) is 2. The minimum Gasteiger partial charge on any atom is -0.392 e. The number of rotatable bonds is 2. The van der Waals surface area contributed by atoms with Crippen molar-refractivity contribution in [3.8, 4) is 0 Å². The highest BCUT2D eigenvalue weighted by atomic mass is 16.3. The van der Waals surface area contributed by atoms with Crippen LogP contribution in [-0.2, 0) is 4.79 Å². The molecule has 0 bridgehead atoms. The van der Waals surface area contributed by atoms with Gasteiger partial charge in [0, 0.05) is 12.0 Å². The second-order valence-corrected chi connectivity index (χ2v) is 5.72. The number of amides is 1. The first-order chi connectivity index (χ1) is 6.66. The standard InChI is InChI=1S/C11H22N2O2/c1-8(14)7-13-9(15)6-11(5,12-13)10(2,3)4/h8,12,14H,6-7H2,1-5H3. The van der Waals surface area contributed by atoms with Gasteiger partial charge in [0.2, 0.25) is 5.91 Å². The minimum atomic E-state index is -0.497. The van der Waals surface area contributed by atoms with Crippen molar-refractivity contribution < 1.29 is 9.90 Å². The van der Waals surface area contributed by atoms with E-state index >= 15 is 0 Å². The molecule has 4 nitrogen and oxygen atoms in total. The molecular formula is C11H22N2O2. The van der Waals surface area contributed by atoms with Crippen LogP contribution in [0.3, 0.4) is 0 Å². The summed E-state index contributed by atoms with van der Waals surface area (Å²) in [5.74, 6) is 0.0633. The summed E-state index contributed by atoms with van der Waals surface area (Å²) >= 11 is 0. The number of hydrogen-bond acceptors (Lipinski definition) is 3. The average molecular weight is 214 g/mol. The van der Waals surface area contributed by atoms with Crippen LogP contribution in [0.15, 0.2) is 0 Å². The van der Waals surface area contributed by atoms with Crippen LogP contribution in [0.2, 0.25) is 0 Å². The number of nitrogens with zero attached hydrogens (tertiary/aromatic N) is 1. The maximum atomic E-state index is 11.7. The van der Waals surface area contributed by atoms with Gasteiger partial charge in [0.15, 0.2) is 0 Å². The van der Waals surface area contributed by atoms with Gasteiger partial charge in [-0.05, 0) is 19.3 Å². The van der Waals surface area contributed by atoms with E-state index in [9.17, 15) is 9.90 Å². The second-order valence-electron chi connectivity index (χ2n) is 5.72. The Morgan fingerprint density at radius 3 is 2.47 bits per heavy atom. The molecule has 2 N–H and O–H groups in total. The van der Waals surface area contributed by atoms with Crippen molar-refractivity contribution in [2.75, 3.05) is 6.54 Å². The Hall–Kier alpha value is -0.610. The average Bonchev–Trinajstić information content (AvgIpc) is 2.25. The van der Waals surface area contributed by atoms with Gasteiger partial charge in [-0.3, -0.25) is 9.80 Å². The molecular weight excluding hydrogens is 192 g/mol. The maximum Gasteiger partial charge on any atom is 0.238 e. The highest BCUT2D eigenvalue weighted by Crippen LogP contribution is 2.36. The molecule has 1 saturated heterocycles. The Kier molecular flexibility index (Phi) is 3.12. The molecule has 4 heteroatoms. The maximum absolute atomic E-state index is 11.7. The van der Waals surface area contributed by atoms with Gasteiger partial charge in [-0.15, -0.1) is 0 Å². The van der Waals surface area contributed by atoms with E-state index in [1.807, 2.05) is 6.92 Å². The Morgan fingerprint density at radius 2 is 2.13 bits per heavy atom. The van der Waals surface area contributed by atoms with Gasteiger partial charge < -0.3 is 5.11 Å². The molecule has 1 aliphatic rings. The van der Waals surface area contributed by atoms with E-state index < -0.39 is 6.10 Å². The van der Waals surface area contributed by atoms with E-state index in [1.54, 1.807) is 6.92 Å². The van der Waals surface area contributed by atoms with E-state index in [1.165, 1.54) is 5.01 Å². The molecule has 0 aromatic rings. The predicted octanol–water partition coefficient (Wildman–Crippen LogP) is 0.909. The third kappa shape index (κ3) is 2.49. The van der Waals surface area contributed by atoms with Crippen molar-refractivity contribution in [2.45, 2.75) is 52.7 Å². The van der Waals surface area contributed by atoms with E-state index in [4.69, 9.17) is 0 Å². The quantitative estimate of drug-likeness (QED) is 0.718. The molecule has 15 heavy (non-hydrogen) atoms. The largest absolute Gasteiger partial charge is 0.392 e. The van der Waals surface area contributed by atoms with Crippen LogP contribution in [0.1, 0.15) is 41.0 Å². The third-order valence-electron chi connectivity index (χ3n) is 3.29. The Balaban J connectivity index is 2.75. The summed E-state index contributed by atoms with van der Waals surface area (Å²) in [5.41, 5.74) is 3.00. The molecule has 88 valence electrons. The molecule has 0 aromatic carbocycles. The van der Waals surface area contributed by atoms with Crippen LogP contribution in [0.5, 0.6) is 0 Å². The zero-order valence-corrected chi connectivity index (χ0v) is 10.3. The second kappa shape index (κ2) is 3.76. The summed E-state index contributed by atoms with van der Waals surface area (Å²) in [6, 6.07) is 0. The number of carbonyl (C=O) groups is 1.